The van der Waals surface area contributed by atoms with E-state index in [4.69, 9.17) is 9.84 Å². The van der Waals surface area contributed by atoms with Crippen LogP contribution in [-0.4, -0.2) is 27.7 Å². The number of carbonyl (C=O) groups is 1. The molecule has 0 amide bonds. The number of aromatic carboxylic acids is 1. The average Bonchev–Trinajstić information content (AvgIpc) is 2.46. The molecular weight excluding hydrogens is 256 g/mol. The molecule has 104 valence electrons. The second-order valence-electron chi connectivity index (χ2n) is 4.83. The van der Waals surface area contributed by atoms with Gasteiger partial charge in [0.15, 0.2) is 5.82 Å². The Morgan fingerprint density at radius 3 is 2.30 bits per heavy atom. The van der Waals surface area contributed by atoms with Crippen LogP contribution >= 0.6 is 0 Å². The molecule has 0 bridgehead atoms. The molecule has 0 fully saturated rings. The Morgan fingerprint density at radius 1 is 1.20 bits per heavy atom. The van der Waals surface area contributed by atoms with Crippen LogP contribution in [0.15, 0.2) is 36.7 Å². The highest BCUT2D eigenvalue weighted by Crippen LogP contribution is 2.19. The second-order valence-corrected chi connectivity index (χ2v) is 4.83. The van der Waals surface area contributed by atoms with Crippen LogP contribution in [0.1, 0.15) is 24.2 Å². The van der Waals surface area contributed by atoms with Crippen LogP contribution in [-0.2, 0) is 0 Å². The molecule has 1 N–H and O–H groups in total. The fourth-order valence-corrected chi connectivity index (χ4v) is 1.55. The molecule has 1 heterocycles. The maximum Gasteiger partial charge on any atom is 0.338 e. The molecule has 1 aromatic carbocycles. The zero-order valence-corrected chi connectivity index (χ0v) is 11.4. The number of carboxylic acid groups (broad SMARTS) is 1. The van der Waals surface area contributed by atoms with Gasteiger partial charge in [-0.2, -0.15) is 0 Å². The summed E-state index contributed by atoms with van der Waals surface area (Å²) in [6.07, 6.45) is 2.60. The van der Waals surface area contributed by atoms with E-state index in [-0.39, 0.29) is 5.56 Å². The van der Waals surface area contributed by atoms with Crippen LogP contribution in [0.25, 0.3) is 11.4 Å². The minimum atomic E-state index is -1.03. The summed E-state index contributed by atoms with van der Waals surface area (Å²) in [6, 6.07) is 7.41. The second kappa shape index (κ2) is 6.14. The van der Waals surface area contributed by atoms with Gasteiger partial charge in [-0.1, -0.05) is 13.8 Å². The van der Waals surface area contributed by atoms with Gasteiger partial charge in [0.2, 0.25) is 0 Å². The van der Waals surface area contributed by atoms with E-state index in [1.165, 1.54) is 12.4 Å². The molecule has 0 aliphatic heterocycles. The molecule has 0 saturated heterocycles. The highest BCUT2D eigenvalue weighted by molar-refractivity contribution is 5.86. The van der Waals surface area contributed by atoms with Crippen molar-refractivity contribution in [2.75, 3.05) is 6.61 Å². The van der Waals surface area contributed by atoms with E-state index in [0.29, 0.717) is 18.3 Å². The summed E-state index contributed by atoms with van der Waals surface area (Å²) in [6.45, 7) is 4.85. The van der Waals surface area contributed by atoms with Gasteiger partial charge in [0.1, 0.15) is 5.75 Å². The highest BCUT2D eigenvalue weighted by Gasteiger charge is 2.06. The van der Waals surface area contributed by atoms with E-state index >= 15 is 0 Å². The standard InChI is InChI=1S/C15H16N2O3/c1-10(2)9-20-13-5-3-11(4-6-13)14-16-7-12(8-17-14)15(18)19/h3-8,10H,9H2,1-2H3,(H,18,19). The number of carboxylic acids is 1. The molecule has 20 heavy (non-hydrogen) atoms. The summed E-state index contributed by atoms with van der Waals surface area (Å²) in [5, 5.41) is 8.79. The van der Waals surface area contributed by atoms with Gasteiger partial charge in [-0.3, -0.25) is 0 Å². The van der Waals surface area contributed by atoms with E-state index in [1.807, 2.05) is 24.3 Å². The third-order valence-electron chi connectivity index (χ3n) is 2.59. The fraction of sp³-hybridized carbons (Fsp3) is 0.267. The van der Waals surface area contributed by atoms with Crippen molar-refractivity contribution in [3.8, 4) is 17.1 Å². The van der Waals surface area contributed by atoms with E-state index in [2.05, 4.69) is 23.8 Å². The molecule has 2 rings (SSSR count). The van der Waals surface area contributed by atoms with Crippen molar-refractivity contribution in [3.05, 3.63) is 42.2 Å². The summed E-state index contributed by atoms with van der Waals surface area (Å²) >= 11 is 0. The highest BCUT2D eigenvalue weighted by atomic mass is 16.5. The summed E-state index contributed by atoms with van der Waals surface area (Å²) < 4.78 is 5.59. The van der Waals surface area contributed by atoms with Crippen LogP contribution in [0, 0.1) is 5.92 Å². The Labute approximate surface area is 117 Å². The van der Waals surface area contributed by atoms with Crippen LogP contribution in [0.4, 0.5) is 0 Å². The number of hydrogen-bond donors (Lipinski definition) is 1. The van der Waals surface area contributed by atoms with Crippen molar-refractivity contribution in [1.29, 1.82) is 0 Å². The first kappa shape index (κ1) is 14.0. The average molecular weight is 272 g/mol. The van der Waals surface area contributed by atoms with Gasteiger partial charge in [-0.05, 0) is 30.2 Å². The van der Waals surface area contributed by atoms with Crippen molar-refractivity contribution in [2.45, 2.75) is 13.8 Å². The Bertz CT molecular complexity index is 577. The fourth-order valence-electron chi connectivity index (χ4n) is 1.55. The molecule has 5 heteroatoms. The van der Waals surface area contributed by atoms with Crippen LogP contribution < -0.4 is 4.74 Å². The first-order valence-electron chi connectivity index (χ1n) is 6.35. The normalized spacial score (nSPS) is 10.6. The lowest BCUT2D eigenvalue weighted by Crippen LogP contribution is -2.04. The molecule has 5 nitrogen and oxygen atoms in total. The smallest absolute Gasteiger partial charge is 0.338 e. The summed E-state index contributed by atoms with van der Waals surface area (Å²) in [5.41, 5.74) is 0.893. The molecule has 0 aliphatic rings. The quantitative estimate of drug-likeness (QED) is 0.906. The number of nitrogens with zero attached hydrogens (tertiary/aromatic N) is 2. The molecule has 0 atom stereocenters. The SMILES string of the molecule is CC(C)COc1ccc(-c2ncc(C(=O)O)cn2)cc1. The number of benzene rings is 1. The lowest BCUT2D eigenvalue weighted by atomic mass is 10.2. The molecule has 0 aliphatic carbocycles. The summed E-state index contributed by atoms with van der Waals surface area (Å²) in [7, 11) is 0. The van der Waals surface area contributed by atoms with Crippen molar-refractivity contribution < 1.29 is 14.6 Å². The summed E-state index contributed by atoms with van der Waals surface area (Å²) in [4.78, 5) is 18.8. The van der Waals surface area contributed by atoms with Gasteiger partial charge in [0, 0.05) is 18.0 Å². The van der Waals surface area contributed by atoms with E-state index in [1.54, 1.807) is 0 Å². The van der Waals surface area contributed by atoms with Gasteiger partial charge < -0.3 is 9.84 Å². The van der Waals surface area contributed by atoms with Gasteiger partial charge in [0.05, 0.1) is 12.2 Å². The predicted molar refractivity (Wildman–Crippen MR) is 74.8 cm³/mol. The van der Waals surface area contributed by atoms with Crippen molar-refractivity contribution in [2.24, 2.45) is 5.92 Å². The molecule has 0 saturated carbocycles. The molecule has 0 radical (unpaired) electrons. The van der Waals surface area contributed by atoms with Crippen LogP contribution in [0.3, 0.4) is 0 Å². The Kier molecular flexibility index (Phi) is 4.30. The van der Waals surface area contributed by atoms with Crippen molar-refractivity contribution >= 4 is 5.97 Å². The van der Waals surface area contributed by atoms with E-state index in [0.717, 1.165) is 11.3 Å². The lowest BCUT2D eigenvalue weighted by Gasteiger charge is -2.08. The third kappa shape index (κ3) is 3.54. The van der Waals surface area contributed by atoms with Gasteiger partial charge in [0.25, 0.3) is 0 Å². The van der Waals surface area contributed by atoms with Crippen molar-refractivity contribution in [1.82, 2.24) is 9.97 Å². The Hall–Kier alpha value is -2.43. The third-order valence-corrected chi connectivity index (χ3v) is 2.59. The maximum absolute atomic E-state index is 10.7. The van der Waals surface area contributed by atoms with E-state index in [9.17, 15) is 4.79 Å². The predicted octanol–water partition coefficient (Wildman–Crippen LogP) is 2.88. The van der Waals surface area contributed by atoms with Gasteiger partial charge in [-0.25, -0.2) is 14.8 Å². The zero-order chi connectivity index (χ0) is 14.5. The maximum atomic E-state index is 10.7. The molecule has 2 aromatic rings. The number of ether oxygens (including phenoxy) is 1. The lowest BCUT2D eigenvalue weighted by molar-refractivity contribution is 0.0696. The monoisotopic (exact) mass is 272 g/mol. The van der Waals surface area contributed by atoms with Crippen LogP contribution in [0.2, 0.25) is 0 Å². The molecule has 0 unspecified atom stereocenters. The van der Waals surface area contributed by atoms with Gasteiger partial charge >= 0.3 is 5.97 Å². The minimum absolute atomic E-state index is 0.0747. The van der Waals surface area contributed by atoms with Crippen molar-refractivity contribution in [3.63, 3.8) is 0 Å². The van der Waals surface area contributed by atoms with Crippen LogP contribution in [0.5, 0.6) is 5.75 Å². The molecular formula is C15H16N2O3. The number of aromatic nitrogens is 2. The minimum Gasteiger partial charge on any atom is -0.493 e. The summed E-state index contributed by atoms with van der Waals surface area (Å²) in [5.74, 6) is 0.727. The number of hydrogen-bond acceptors (Lipinski definition) is 4. The largest absolute Gasteiger partial charge is 0.493 e. The zero-order valence-electron chi connectivity index (χ0n) is 11.4. The first-order chi connectivity index (χ1) is 9.56. The van der Waals surface area contributed by atoms with Gasteiger partial charge in [-0.15, -0.1) is 0 Å². The number of rotatable bonds is 5. The Morgan fingerprint density at radius 2 is 1.80 bits per heavy atom. The molecule has 0 spiro atoms. The first-order valence-corrected chi connectivity index (χ1v) is 6.35. The Balaban J connectivity index is 2.11. The topological polar surface area (TPSA) is 72.3 Å². The molecule has 1 aromatic heterocycles. The van der Waals surface area contributed by atoms with E-state index < -0.39 is 5.97 Å².